The number of nitrogens with one attached hydrogen (secondary N) is 1. The first kappa shape index (κ1) is 16.0. The molecule has 3 N–H and O–H groups in total. The molecule has 1 fully saturated rings. The smallest absolute Gasteiger partial charge is 0.241 e. The highest BCUT2D eigenvalue weighted by molar-refractivity contribution is 5.82. The van der Waals surface area contributed by atoms with E-state index in [1.165, 1.54) is 25.7 Å². The number of amides is 1. The van der Waals surface area contributed by atoms with Gasteiger partial charge in [0.05, 0.1) is 18.6 Å². The van der Waals surface area contributed by atoms with Gasteiger partial charge in [-0.25, -0.2) is 5.84 Å². The summed E-state index contributed by atoms with van der Waals surface area (Å²) in [4.78, 5) is 11.5. The summed E-state index contributed by atoms with van der Waals surface area (Å²) in [5.41, 5.74) is 4.30. The van der Waals surface area contributed by atoms with Crippen molar-refractivity contribution in [3.8, 4) is 0 Å². The van der Waals surface area contributed by atoms with E-state index in [1.54, 1.807) is 0 Å². The molecule has 0 aliphatic heterocycles. The molecule has 1 amide bonds. The van der Waals surface area contributed by atoms with E-state index in [-0.39, 0.29) is 11.8 Å². The number of rotatable bonds is 5. The zero-order valence-corrected chi connectivity index (χ0v) is 13.0. The van der Waals surface area contributed by atoms with Crippen LogP contribution in [0.1, 0.15) is 56.6 Å². The average molecular weight is 290 g/mol. The van der Waals surface area contributed by atoms with E-state index in [4.69, 9.17) is 10.6 Å². The number of ether oxygens (including phenoxy) is 1. The summed E-state index contributed by atoms with van der Waals surface area (Å²) in [7, 11) is 0. The predicted octanol–water partition coefficient (Wildman–Crippen LogP) is 2.88. The van der Waals surface area contributed by atoms with Gasteiger partial charge in [0.2, 0.25) is 5.91 Å². The first-order chi connectivity index (χ1) is 10.1. The van der Waals surface area contributed by atoms with Crippen molar-refractivity contribution in [2.45, 2.75) is 58.2 Å². The number of carbonyl (C=O) groups is 1. The van der Waals surface area contributed by atoms with Crippen LogP contribution in [0, 0.1) is 5.92 Å². The monoisotopic (exact) mass is 290 g/mol. The minimum absolute atomic E-state index is 0.171. The van der Waals surface area contributed by atoms with Gasteiger partial charge in [0.25, 0.3) is 0 Å². The Labute approximate surface area is 127 Å². The summed E-state index contributed by atoms with van der Waals surface area (Å²) in [5, 5.41) is 0. The second kappa shape index (κ2) is 7.57. The lowest BCUT2D eigenvalue weighted by atomic mass is 9.88. The molecule has 1 aliphatic rings. The van der Waals surface area contributed by atoms with E-state index < -0.39 is 0 Å². The predicted molar refractivity (Wildman–Crippen MR) is 83.4 cm³/mol. The minimum atomic E-state index is -0.233. The summed E-state index contributed by atoms with van der Waals surface area (Å²) in [6, 6.07) is 8.01. The van der Waals surface area contributed by atoms with Crippen molar-refractivity contribution in [2.24, 2.45) is 11.8 Å². The van der Waals surface area contributed by atoms with E-state index in [1.807, 2.05) is 31.2 Å². The minimum Gasteiger partial charge on any atom is -0.373 e. The molecule has 1 saturated carbocycles. The van der Waals surface area contributed by atoms with Gasteiger partial charge in [-0.3, -0.25) is 10.2 Å². The molecule has 4 heteroatoms. The number of benzene rings is 1. The van der Waals surface area contributed by atoms with Crippen LogP contribution in [-0.4, -0.2) is 12.0 Å². The molecule has 0 aromatic heterocycles. The number of hydrazine groups is 1. The maximum Gasteiger partial charge on any atom is 0.241 e. The Balaban J connectivity index is 1.89. The summed E-state index contributed by atoms with van der Waals surface area (Å²) < 4.78 is 6.05. The Bertz CT molecular complexity index is 458. The summed E-state index contributed by atoms with van der Waals surface area (Å²) in [6.45, 7) is 4.77. The third kappa shape index (κ3) is 4.29. The van der Waals surface area contributed by atoms with Crippen molar-refractivity contribution in [3.05, 3.63) is 35.4 Å². The lowest BCUT2D eigenvalue weighted by Crippen LogP contribution is -2.33. The van der Waals surface area contributed by atoms with Crippen LogP contribution in [0.2, 0.25) is 0 Å². The molecule has 3 atom stereocenters. The van der Waals surface area contributed by atoms with Crippen LogP contribution in [0.25, 0.3) is 0 Å². The van der Waals surface area contributed by atoms with Crippen LogP contribution in [0.5, 0.6) is 0 Å². The molecule has 2 rings (SSSR count). The molecular formula is C17H26N2O2. The third-order valence-corrected chi connectivity index (χ3v) is 4.51. The highest BCUT2D eigenvalue weighted by atomic mass is 16.5. The van der Waals surface area contributed by atoms with Gasteiger partial charge in [0, 0.05) is 0 Å². The highest BCUT2D eigenvalue weighted by Gasteiger charge is 2.21. The summed E-state index contributed by atoms with van der Waals surface area (Å²) >= 11 is 0. The van der Waals surface area contributed by atoms with Gasteiger partial charge in [-0.15, -0.1) is 0 Å². The van der Waals surface area contributed by atoms with E-state index in [0.717, 1.165) is 11.1 Å². The topological polar surface area (TPSA) is 64.4 Å². The highest BCUT2D eigenvalue weighted by Crippen LogP contribution is 2.27. The molecule has 4 nitrogen and oxygen atoms in total. The zero-order valence-electron chi connectivity index (χ0n) is 13.0. The quantitative estimate of drug-likeness (QED) is 0.498. The van der Waals surface area contributed by atoms with Crippen molar-refractivity contribution in [2.75, 3.05) is 0 Å². The van der Waals surface area contributed by atoms with Crippen molar-refractivity contribution in [1.29, 1.82) is 0 Å². The molecule has 21 heavy (non-hydrogen) atoms. The summed E-state index contributed by atoms with van der Waals surface area (Å²) in [5.74, 6) is 5.42. The largest absolute Gasteiger partial charge is 0.373 e. The maximum atomic E-state index is 11.5. The number of nitrogens with two attached hydrogens (primary N) is 1. The van der Waals surface area contributed by atoms with Crippen LogP contribution in [0.4, 0.5) is 0 Å². The van der Waals surface area contributed by atoms with Crippen molar-refractivity contribution in [3.63, 3.8) is 0 Å². The molecule has 0 heterocycles. The SMILES string of the molecule is CC(C(=O)NN)c1ccc(COC2CCCCC2C)cc1. The molecule has 0 spiro atoms. The Morgan fingerprint density at radius 3 is 2.62 bits per heavy atom. The van der Waals surface area contributed by atoms with Crippen LogP contribution in [-0.2, 0) is 16.1 Å². The van der Waals surface area contributed by atoms with Crippen LogP contribution >= 0.6 is 0 Å². The van der Waals surface area contributed by atoms with Gasteiger partial charge in [-0.05, 0) is 36.8 Å². The second-order valence-corrected chi connectivity index (χ2v) is 6.08. The fourth-order valence-corrected chi connectivity index (χ4v) is 2.91. The number of hydrogen-bond acceptors (Lipinski definition) is 3. The van der Waals surface area contributed by atoms with Crippen LogP contribution < -0.4 is 11.3 Å². The van der Waals surface area contributed by atoms with E-state index in [0.29, 0.717) is 18.6 Å². The first-order valence-electron chi connectivity index (χ1n) is 7.82. The second-order valence-electron chi connectivity index (χ2n) is 6.08. The van der Waals surface area contributed by atoms with Crippen LogP contribution in [0.15, 0.2) is 24.3 Å². The molecule has 1 aromatic carbocycles. The standard InChI is InChI=1S/C17H26N2O2/c1-12-5-3-4-6-16(12)21-11-14-7-9-15(10-8-14)13(2)17(20)19-18/h7-10,12-13,16H,3-6,11,18H2,1-2H3,(H,19,20). The normalized spacial score (nSPS) is 23.6. The van der Waals surface area contributed by atoms with Gasteiger partial charge in [-0.1, -0.05) is 44.0 Å². The van der Waals surface area contributed by atoms with Crippen molar-refractivity contribution >= 4 is 5.91 Å². The fraction of sp³-hybridized carbons (Fsp3) is 0.588. The average Bonchev–Trinajstić information content (AvgIpc) is 2.53. The lowest BCUT2D eigenvalue weighted by molar-refractivity contribution is -0.122. The van der Waals surface area contributed by atoms with Gasteiger partial charge in [0.15, 0.2) is 0 Å². The molecule has 0 bridgehead atoms. The number of carbonyl (C=O) groups excluding carboxylic acids is 1. The first-order valence-corrected chi connectivity index (χ1v) is 7.82. The summed E-state index contributed by atoms with van der Waals surface area (Å²) in [6.07, 6.45) is 5.44. The zero-order chi connectivity index (χ0) is 15.2. The van der Waals surface area contributed by atoms with Gasteiger partial charge in [0.1, 0.15) is 0 Å². The Hall–Kier alpha value is -1.39. The Kier molecular flexibility index (Phi) is 5.76. The van der Waals surface area contributed by atoms with Gasteiger partial charge in [-0.2, -0.15) is 0 Å². The van der Waals surface area contributed by atoms with Gasteiger partial charge >= 0.3 is 0 Å². The molecule has 116 valence electrons. The third-order valence-electron chi connectivity index (χ3n) is 4.51. The van der Waals surface area contributed by atoms with Crippen molar-refractivity contribution in [1.82, 2.24) is 5.43 Å². The molecule has 1 aliphatic carbocycles. The maximum absolute atomic E-state index is 11.5. The van der Waals surface area contributed by atoms with Crippen LogP contribution in [0.3, 0.4) is 0 Å². The van der Waals surface area contributed by atoms with E-state index >= 15 is 0 Å². The molecule has 1 aromatic rings. The number of hydrogen-bond donors (Lipinski definition) is 2. The van der Waals surface area contributed by atoms with E-state index in [2.05, 4.69) is 12.3 Å². The van der Waals surface area contributed by atoms with E-state index in [9.17, 15) is 4.79 Å². The van der Waals surface area contributed by atoms with Crippen molar-refractivity contribution < 1.29 is 9.53 Å². The molecule has 0 radical (unpaired) electrons. The molecule has 3 unspecified atom stereocenters. The Morgan fingerprint density at radius 2 is 2.00 bits per heavy atom. The Morgan fingerprint density at radius 1 is 1.33 bits per heavy atom. The fourth-order valence-electron chi connectivity index (χ4n) is 2.91. The molecule has 0 saturated heterocycles. The van der Waals surface area contributed by atoms with Gasteiger partial charge < -0.3 is 4.74 Å². The molecular weight excluding hydrogens is 264 g/mol. The lowest BCUT2D eigenvalue weighted by Gasteiger charge is -2.28.